The summed E-state index contributed by atoms with van der Waals surface area (Å²) in [6.07, 6.45) is 1.54. The van der Waals surface area contributed by atoms with Gasteiger partial charge in [0.05, 0.1) is 24.4 Å². The van der Waals surface area contributed by atoms with Crippen LogP contribution in [0.1, 0.15) is 46.7 Å². The molecule has 1 fully saturated rings. The molecule has 2 atom stereocenters. The number of hydrogen-bond donors (Lipinski definition) is 2. The van der Waals surface area contributed by atoms with Gasteiger partial charge in [0.1, 0.15) is 23.5 Å². The van der Waals surface area contributed by atoms with Crippen LogP contribution in [0.3, 0.4) is 0 Å². The van der Waals surface area contributed by atoms with Crippen molar-refractivity contribution in [1.82, 2.24) is 24.7 Å². The van der Waals surface area contributed by atoms with Crippen LogP contribution in [0.2, 0.25) is 0 Å². The molecule has 0 bridgehead atoms. The van der Waals surface area contributed by atoms with Crippen molar-refractivity contribution in [2.24, 2.45) is 11.1 Å². The minimum Gasteiger partial charge on any atom is -0.367 e. The quantitative estimate of drug-likeness (QED) is 0.400. The van der Waals surface area contributed by atoms with Crippen molar-refractivity contribution in [2.45, 2.75) is 38.0 Å². The molecule has 0 saturated heterocycles. The number of alkyl halides is 3. The number of nitrogens with one attached hydrogen (secondary N) is 1. The lowest BCUT2D eigenvalue weighted by Crippen LogP contribution is -2.22. The van der Waals surface area contributed by atoms with Crippen molar-refractivity contribution in [3.05, 3.63) is 65.6 Å². The van der Waals surface area contributed by atoms with Crippen LogP contribution in [0.15, 0.2) is 43.0 Å². The first-order valence-electron chi connectivity index (χ1n) is 10.8. The minimum absolute atomic E-state index is 0.0231. The molecule has 11 nitrogen and oxygen atoms in total. The van der Waals surface area contributed by atoms with Gasteiger partial charge >= 0.3 is 16.5 Å². The van der Waals surface area contributed by atoms with E-state index in [9.17, 15) is 26.4 Å². The van der Waals surface area contributed by atoms with Crippen LogP contribution < -0.4 is 10.5 Å². The van der Waals surface area contributed by atoms with Gasteiger partial charge in [0.2, 0.25) is 5.78 Å². The van der Waals surface area contributed by atoms with Crippen molar-refractivity contribution in [3.8, 4) is 0 Å². The SMILES string of the molecule is NS(=O)(=O)OCC1CCC(Nc2ncncc2C(=O)c2ccn(Cc3cccc(C(F)(F)F)n3)n2)C1. The zero-order chi connectivity index (χ0) is 25.9. The molecule has 0 aliphatic heterocycles. The third-order valence-electron chi connectivity index (χ3n) is 5.60. The number of halogens is 3. The summed E-state index contributed by atoms with van der Waals surface area (Å²) in [5.41, 5.74) is -0.639. The van der Waals surface area contributed by atoms with Crippen molar-refractivity contribution < 1.29 is 30.6 Å². The largest absolute Gasteiger partial charge is 0.433 e. The van der Waals surface area contributed by atoms with Gasteiger partial charge in [-0.05, 0) is 43.4 Å². The van der Waals surface area contributed by atoms with Crippen LogP contribution in [-0.4, -0.2) is 51.6 Å². The Bertz CT molecular complexity index is 1350. The van der Waals surface area contributed by atoms with Gasteiger partial charge in [-0.1, -0.05) is 6.07 Å². The fourth-order valence-corrected chi connectivity index (χ4v) is 4.34. The van der Waals surface area contributed by atoms with Crippen LogP contribution in [-0.2, 0) is 27.2 Å². The fourth-order valence-electron chi connectivity index (χ4n) is 3.95. The van der Waals surface area contributed by atoms with Gasteiger partial charge in [-0.2, -0.15) is 26.7 Å². The Labute approximate surface area is 204 Å². The molecule has 0 radical (unpaired) electrons. The summed E-state index contributed by atoms with van der Waals surface area (Å²) in [7, 11) is -4.01. The summed E-state index contributed by atoms with van der Waals surface area (Å²) >= 11 is 0. The Balaban J connectivity index is 1.43. The van der Waals surface area contributed by atoms with Crippen molar-refractivity contribution in [1.29, 1.82) is 0 Å². The molecule has 3 heterocycles. The van der Waals surface area contributed by atoms with Crippen molar-refractivity contribution in [3.63, 3.8) is 0 Å². The standard InChI is InChI=1S/C21H22F3N7O4S/c22-21(23,24)18-3-1-2-15(28-18)10-31-7-6-17(30-31)19(32)16-9-26-12-27-20(16)29-14-5-4-13(8-14)11-35-36(25,33)34/h1-3,6-7,9,12-14H,4-5,8,10-11H2,(H2,25,33,34)(H,26,27,29). The second-order valence-corrected chi connectivity index (χ2v) is 9.54. The molecule has 3 aromatic heterocycles. The molecule has 0 spiro atoms. The molecule has 36 heavy (non-hydrogen) atoms. The number of anilines is 1. The average Bonchev–Trinajstić information content (AvgIpc) is 3.46. The lowest BCUT2D eigenvalue weighted by Gasteiger charge is -2.15. The monoisotopic (exact) mass is 525 g/mol. The first-order chi connectivity index (χ1) is 17.0. The highest BCUT2D eigenvalue weighted by Crippen LogP contribution is 2.30. The highest BCUT2D eigenvalue weighted by Gasteiger charge is 2.32. The van der Waals surface area contributed by atoms with Gasteiger partial charge in [-0.25, -0.2) is 20.1 Å². The van der Waals surface area contributed by atoms with Crippen molar-refractivity contribution >= 4 is 21.9 Å². The van der Waals surface area contributed by atoms with E-state index in [1.807, 2.05) is 0 Å². The van der Waals surface area contributed by atoms with Gasteiger partial charge in [0.15, 0.2) is 0 Å². The maximum Gasteiger partial charge on any atom is 0.433 e. The Kier molecular flexibility index (Phi) is 7.33. The van der Waals surface area contributed by atoms with E-state index in [2.05, 4.69) is 29.6 Å². The van der Waals surface area contributed by atoms with E-state index >= 15 is 0 Å². The average molecular weight is 526 g/mol. The van der Waals surface area contributed by atoms with Gasteiger partial charge in [-0.3, -0.25) is 13.7 Å². The number of ketones is 1. The lowest BCUT2D eigenvalue weighted by atomic mass is 10.1. The number of pyridine rings is 1. The zero-order valence-electron chi connectivity index (χ0n) is 18.7. The Morgan fingerprint density at radius 1 is 1.25 bits per heavy atom. The third-order valence-corrected chi connectivity index (χ3v) is 6.07. The Hall–Kier alpha value is -3.43. The molecule has 1 aliphatic rings. The topological polar surface area (TPSA) is 155 Å². The molecule has 4 rings (SSSR count). The van der Waals surface area contributed by atoms with E-state index < -0.39 is 28.0 Å². The van der Waals surface area contributed by atoms with Crippen LogP contribution in [0.5, 0.6) is 0 Å². The molecular weight excluding hydrogens is 503 g/mol. The van der Waals surface area contributed by atoms with Gasteiger partial charge in [0.25, 0.3) is 0 Å². The maximum absolute atomic E-state index is 13.1. The number of nitrogens with two attached hydrogens (primary N) is 1. The van der Waals surface area contributed by atoms with E-state index in [0.29, 0.717) is 25.1 Å². The fraction of sp³-hybridized carbons (Fsp3) is 0.381. The molecule has 3 N–H and O–H groups in total. The van der Waals surface area contributed by atoms with Gasteiger partial charge < -0.3 is 5.32 Å². The highest BCUT2D eigenvalue weighted by molar-refractivity contribution is 7.84. The highest BCUT2D eigenvalue weighted by atomic mass is 32.2. The predicted molar refractivity (Wildman–Crippen MR) is 120 cm³/mol. The normalized spacial score (nSPS) is 18.3. The van der Waals surface area contributed by atoms with Crippen LogP contribution in [0, 0.1) is 5.92 Å². The second kappa shape index (κ2) is 10.3. The first kappa shape index (κ1) is 25.7. The summed E-state index contributed by atoms with van der Waals surface area (Å²) in [6, 6.07) is 4.95. The number of hydrogen-bond acceptors (Lipinski definition) is 9. The molecule has 0 amide bonds. The summed E-state index contributed by atoms with van der Waals surface area (Å²) in [4.78, 5) is 24.8. The van der Waals surface area contributed by atoms with E-state index in [0.717, 1.165) is 6.07 Å². The third kappa shape index (κ3) is 6.61. The van der Waals surface area contributed by atoms with E-state index in [4.69, 9.17) is 5.14 Å². The second-order valence-electron chi connectivity index (χ2n) is 8.32. The van der Waals surface area contributed by atoms with Gasteiger partial charge in [-0.15, -0.1) is 0 Å². The molecule has 3 aromatic rings. The molecule has 192 valence electrons. The van der Waals surface area contributed by atoms with Crippen LogP contribution >= 0.6 is 0 Å². The van der Waals surface area contributed by atoms with E-state index in [-0.39, 0.29) is 42.1 Å². The molecule has 2 unspecified atom stereocenters. The minimum atomic E-state index is -4.56. The smallest absolute Gasteiger partial charge is 0.367 e. The number of nitrogens with zero attached hydrogens (tertiary/aromatic N) is 5. The van der Waals surface area contributed by atoms with E-state index in [1.165, 1.54) is 41.6 Å². The summed E-state index contributed by atoms with van der Waals surface area (Å²) in [5, 5.41) is 12.3. The van der Waals surface area contributed by atoms with Crippen molar-refractivity contribution in [2.75, 3.05) is 11.9 Å². The first-order valence-corrected chi connectivity index (χ1v) is 12.3. The predicted octanol–water partition coefficient (Wildman–Crippen LogP) is 2.17. The summed E-state index contributed by atoms with van der Waals surface area (Å²) < 4.78 is 66.7. The molecular formula is C21H22F3N7O4S. The van der Waals surface area contributed by atoms with E-state index in [1.54, 1.807) is 0 Å². The van der Waals surface area contributed by atoms with Crippen LogP contribution in [0.25, 0.3) is 0 Å². The number of aromatic nitrogens is 5. The summed E-state index contributed by atoms with van der Waals surface area (Å²) in [5.74, 6) is -0.204. The number of rotatable bonds is 9. The molecule has 0 aromatic carbocycles. The molecule has 1 aliphatic carbocycles. The summed E-state index contributed by atoms with van der Waals surface area (Å²) in [6.45, 7) is -0.0810. The van der Waals surface area contributed by atoms with Gasteiger partial charge in [0, 0.05) is 18.4 Å². The number of carbonyl (C=O) groups is 1. The Morgan fingerprint density at radius 2 is 2.06 bits per heavy atom. The van der Waals surface area contributed by atoms with Crippen LogP contribution in [0.4, 0.5) is 19.0 Å². The maximum atomic E-state index is 13.1. The number of carbonyl (C=O) groups excluding carboxylic acids is 1. The molecule has 1 saturated carbocycles. The zero-order valence-corrected chi connectivity index (χ0v) is 19.5. The lowest BCUT2D eigenvalue weighted by molar-refractivity contribution is -0.141. The molecule has 15 heteroatoms. The Morgan fingerprint density at radius 3 is 2.81 bits per heavy atom.